The highest BCUT2D eigenvalue weighted by Gasteiger charge is 2.27. The van der Waals surface area contributed by atoms with E-state index in [4.69, 9.17) is 13.3 Å². The fraction of sp³-hybridized carbons (Fsp3) is 0. The molecule has 0 spiro atoms. The topological polar surface area (TPSA) is 49.1 Å². The van der Waals surface area contributed by atoms with Gasteiger partial charge in [-0.1, -0.05) is 467 Å². The zero-order valence-electron chi connectivity index (χ0n) is 82.2. The molecule has 0 N–H and O–H groups in total. The minimum Gasteiger partial charge on any atom is -0.456 e. The number of hydrogen-bond acceptors (Lipinski definition) is 6. The maximum Gasteiger partial charge on any atom is 0.137 e. The van der Waals surface area contributed by atoms with Crippen LogP contribution in [0.3, 0.4) is 0 Å². The number of para-hydroxylation sites is 6. The van der Waals surface area contributed by atoms with E-state index in [0.29, 0.717) is 0 Å². The third-order valence-corrected chi connectivity index (χ3v) is 28.5. The van der Waals surface area contributed by atoms with Crippen LogP contribution >= 0.6 is 0 Å². The van der Waals surface area contributed by atoms with Crippen molar-refractivity contribution >= 4 is 117 Å². The average Bonchev–Trinajstić information content (AvgIpc) is 1.23. The quantitative estimate of drug-likeness (QED) is 0.0715. The molecule has 27 aromatic rings. The van der Waals surface area contributed by atoms with Crippen LogP contribution in [0.4, 0.5) is 51.2 Å². The molecule has 0 fully saturated rings. The summed E-state index contributed by atoms with van der Waals surface area (Å²) in [5, 5.41) is 6.71. The maximum atomic E-state index is 6.41. The third-order valence-electron chi connectivity index (χ3n) is 28.5. The standard InChI is InChI=1S/3C48H33NO/c1-3-14-34(15-4-1)37-18-13-19-38(32-37)43-22-9-11-24-46(43)49(40-30-31-45-44-23-10-12-25-47(44)50-48(45)33-40)39-28-26-36(27-29-39)42-21-8-7-20-41(42)35-16-5-2-6-17-35;1-3-13-34(14-4-1)35-23-25-38(26-24-35)43-19-9-11-21-46(43)49(40-31-32-45-44-20-10-12-22-47(44)50-48(45)33-40)39-29-27-37(28-30-39)42-18-8-7-17-41(42)36-15-5-2-6-16-36;1-3-15-34(16-4-1)39-19-7-8-20-40(39)36-27-29-37(30-28-36)49(38-31-32-45-44-24-12-14-26-47(44)50-48(45)33-38)46-25-13-11-23-43(46)42-22-10-9-21-41(42)35-17-5-2-6-18-35/h3*1-33H. The van der Waals surface area contributed by atoms with E-state index in [1.165, 1.54) is 106 Å². The fourth-order valence-corrected chi connectivity index (χ4v) is 21.3. The van der Waals surface area contributed by atoms with Crippen molar-refractivity contribution in [3.63, 3.8) is 0 Å². The highest BCUT2D eigenvalue weighted by atomic mass is 16.3. The lowest BCUT2D eigenvalue weighted by Gasteiger charge is -2.28. The van der Waals surface area contributed by atoms with Crippen LogP contribution in [0.2, 0.25) is 0 Å². The van der Waals surface area contributed by atoms with Gasteiger partial charge in [0.1, 0.15) is 33.5 Å². The van der Waals surface area contributed by atoms with Crippen LogP contribution in [-0.4, -0.2) is 0 Å². The summed E-state index contributed by atoms with van der Waals surface area (Å²) in [7, 11) is 0. The molecule has 0 radical (unpaired) electrons. The SMILES string of the molecule is c1ccc(-c2ccc(-c3ccccc3N(c3ccc(-c4ccccc4-c4ccccc4)cc3)c3ccc4c(c3)oc3ccccc34)cc2)cc1.c1ccc(-c2cccc(-c3ccccc3N(c3ccc(-c4ccccc4-c4ccccc4)cc3)c3ccc4c(c3)oc3ccccc34)c2)cc1.c1ccc(-c2ccccc2-c2ccc(N(c3ccc4c(c3)oc3ccccc34)c3ccccc3-c3ccccc3-c3ccccc3)cc2)cc1. The van der Waals surface area contributed by atoms with Crippen molar-refractivity contribution < 1.29 is 13.3 Å². The van der Waals surface area contributed by atoms with Gasteiger partial charge in [-0.3, -0.25) is 0 Å². The van der Waals surface area contributed by atoms with E-state index >= 15 is 0 Å². The van der Waals surface area contributed by atoms with Crippen molar-refractivity contribution in [2.45, 2.75) is 0 Å². The zero-order chi connectivity index (χ0) is 99.8. The van der Waals surface area contributed by atoms with E-state index in [2.05, 4.69) is 579 Å². The maximum absolute atomic E-state index is 6.41. The van der Waals surface area contributed by atoms with Gasteiger partial charge in [-0.2, -0.15) is 0 Å². The Kier molecular flexibility index (Phi) is 25.2. The van der Waals surface area contributed by atoms with Gasteiger partial charge in [0.05, 0.1) is 17.1 Å². The van der Waals surface area contributed by atoms with E-state index in [1.54, 1.807) is 0 Å². The molecule has 708 valence electrons. The van der Waals surface area contributed by atoms with Gasteiger partial charge in [-0.15, -0.1) is 0 Å². The smallest absolute Gasteiger partial charge is 0.137 e. The Morgan fingerprint density at radius 3 is 0.627 bits per heavy atom. The first-order chi connectivity index (χ1) is 74.4. The Morgan fingerprint density at radius 1 is 0.100 bits per heavy atom. The highest BCUT2D eigenvalue weighted by molar-refractivity contribution is 6.10. The van der Waals surface area contributed by atoms with Gasteiger partial charge in [0.25, 0.3) is 0 Å². The molecule has 6 heteroatoms. The van der Waals surface area contributed by atoms with E-state index in [0.717, 1.165) is 145 Å². The van der Waals surface area contributed by atoms with E-state index < -0.39 is 0 Å². The number of nitrogens with zero attached hydrogens (tertiary/aromatic N) is 3. The summed E-state index contributed by atoms with van der Waals surface area (Å²) in [6.45, 7) is 0. The first-order valence-electron chi connectivity index (χ1n) is 51.0. The third kappa shape index (κ3) is 18.4. The van der Waals surface area contributed by atoms with Crippen molar-refractivity contribution in [2.24, 2.45) is 0 Å². The summed E-state index contributed by atoms with van der Waals surface area (Å²) in [5.41, 5.74) is 43.4. The molecule has 0 saturated heterocycles. The Morgan fingerprint density at radius 2 is 0.293 bits per heavy atom. The Labute approximate surface area is 872 Å². The minimum absolute atomic E-state index is 0.865. The minimum atomic E-state index is 0.865. The lowest BCUT2D eigenvalue weighted by atomic mass is 9.92. The second kappa shape index (κ2) is 41.4. The number of anilines is 9. The molecule has 0 atom stereocenters. The molecule has 0 aliphatic rings. The monoisotopic (exact) mass is 1920 g/mol. The summed E-state index contributed by atoms with van der Waals surface area (Å²) >= 11 is 0. The van der Waals surface area contributed by atoms with Gasteiger partial charge in [-0.05, 0) is 232 Å². The van der Waals surface area contributed by atoms with Crippen LogP contribution in [0.25, 0.3) is 199 Å². The number of fused-ring (bicyclic) bond motifs is 9. The van der Waals surface area contributed by atoms with Gasteiger partial charge < -0.3 is 28.0 Å². The molecular formula is C144H99N3O3. The van der Waals surface area contributed by atoms with Crippen molar-refractivity contribution in [3.05, 3.63) is 601 Å². The van der Waals surface area contributed by atoms with Crippen molar-refractivity contribution in [1.29, 1.82) is 0 Å². The summed E-state index contributed by atoms with van der Waals surface area (Å²) in [4.78, 5) is 7.06. The number of benzene rings is 24. The largest absolute Gasteiger partial charge is 0.456 e. The first-order valence-corrected chi connectivity index (χ1v) is 51.0. The van der Waals surface area contributed by atoms with Crippen LogP contribution in [-0.2, 0) is 0 Å². The predicted molar refractivity (Wildman–Crippen MR) is 630 cm³/mol. The summed E-state index contributed by atoms with van der Waals surface area (Å²) < 4.78 is 19.2. The predicted octanol–water partition coefficient (Wildman–Crippen LogP) is 41.2. The molecule has 0 aliphatic carbocycles. The van der Waals surface area contributed by atoms with Crippen LogP contribution in [0.1, 0.15) is 0 Å². The number of rotatable bonds is 21. The first kappa shape index (κ1) is 91.3. The summed E-state index contributed by atoms with van der Waals surface area (Å²) in [6.07, 6.45) is 0. The van der Waals surface area contributed by atoms with Gasteiger partial charge in [-0.25, -0.2) is 0 Å². The molecule has 3 heterocycles. The van der Waals surface area contributed by atoms with Gasteiger partial charge in [0, 0.05) is 101 Å². The molecule has 0 unspecified atom stereocenters. The molecule has 150 heavy (non-hydrogen) atoms. The van der Waals surface area contributed by atoms with Crippen LogP contribution in [0.5, 0.6) is 0 Å². The van der Waals surface area contributed by atoms with Gasteiger partial charge in [0.2, 0.25) is 0 Å². The van der Waals surface area contributed by atoms with E-state index in [-0.39, 0.29) is 0 Å². The molecule has 24 aromatic carbocycles. The summed E-state index contributed by atoms with van der Waals surface area (Å²) in [5.74, 6) is 0. The van der Waals surface area contributed by atoms with Crippen LogP contribution in [0, 0.1) is 0 Å². The van der Waals surface area contributed by atoms with E-state index in [1.807, 2.05) is 36.4 Å². The number of hydrogen-bond donors (Lipinski definition) is 0. The average molecular weight is 1920 g/mol. The molecule has 0 aliphatic heterocycles. The Bertz CT molecular complexity index is 9480. The number of furan rings is 3. The lowest BCUT2D eigenvalue weighted by molar-refractivity contribution is 0.668. The van der Waals surface area contributed by atoms with Crippen molar-refractivity contribution in [3.8, 4) is 134 Å². The molecule has 0 saturated carbocycles. The lowest BCUT2D eigenvalue weighted by Crippen LogP contribution is -2.11. The molecular weight excluding hydrogens is 1820 g/mol. The molecule has 3 aromatic heterocycles. The van der Waals surface area contributed by atoms with Crippen molar-refractivity contribution in [1.82, 2.24) is 0 Å². The van der Waals surface area contributed by atoms with Crippen LogP contribution in [0.15, 0.2) is 614 Å². The zero-order valence-corrected chi connectivity index (χ0v) is 82.2. The summed E-state index contributed by atoms with van der Waals surface area (Å²) in [6, 6.07) is 213. The molecule has 0 bridgehead atoms. The Hall–Kier alpha value is -19.9. The molecule has 6 nitrogen and oxygen atoms in total. The van der Waals surface area contributed by atoms with Gasteiger partial charge in [0.15, 0.2) is 0 Å². The van der Waals surface area contributed by atoms with Gasteiger partial charge >= 0.3 is 0 Å². The normalized spacial score (nSPS) is 11.2. The fourth-order valence-electron chi connectivity index (χ4n) is 21.3. The molecule has 0 amide bonds. The second-order valence-electron chi connectivity index (χ2n) is 37.6. The highest BCUT2D eigenvalue weighted by Crippen LogP contribution is 2.51. The van der Waals surface area contributed by atoms with E-state index in [9.17, 15) is 0 Å². The van der Waals surface area contributed by atoms with Crippen molar-refractivity contribution in [2.75, 3.05) is 14.7 Å². The van der Waals surface area contributed by atoms with Crippen LogP contribution < -0.4 is 14.7 Å². The Balaban J connectivity index is 0.000000116. The second-order valence-corrected chi connectivity index (χ2v) is 37.6. The molecule has 27 rings (SSSR count).